The van der Waals surface area contributed by atoms with Crippen molar-refractivity contribution in [1.82, 2.24) is 10.2 Å². The van der Waals surface area contributed by atoms with E-state index in [-0.39, 0.29) is 24.2 Å². The van der Waals surface area contributed by atoms with Gasteiger partial charge < -0.3 is 10.2 Å². The number of amides is 2. The van der Waals surface area contributed by atoms with Gasteiger partial charge in [0.2, 0.25) is 11.8 Å². The van der Waals surface area contributed by atoms with E-state index >= 15 is 0 Å². The van der Waals surface area contributed by atoms with E-state index in [1.165, 1.54) is 5.56 Å². The number of hydrogen-bond acceptors (Lipinski definition) is 3. The standard InChI is InChI=1S/C20H20N4O2/c1-2-13-3-6-17(7-4-13)24-12-15(10-19(24)25)20(26)22-16-5-8-18-14(9-16)11-21-23-18/h3-9,11,15H,2,10,12H2,1H3,(H,21,23)(H,22,26)/t15-/m1/s1. The third-order valence-electron chi connectivity index (χ3n) is 4.86. The summed E-state index contributed by atoms with van der Waals surface area (Å²) in [7, 11) is 0. The molecule has 132 valence electrons. The first-order valence-corrected chi connectivity index (χ1v) is 8.77. The summed E-state index contributed by atoms with van der Waals surface area (Å²) >= 11 is 0. The van der Waals surface area contributed by atoms with Crippen molar-refractivity contribution in [2.75, 3.05) is 16.8 Å². The van der Waals surface area contributed by atoms with Crippen LogP contribution in [0.4, 0.5) is 11.4 Å². The smallest absolute Gasteiger partial charge is 0.229 e. The number of H-pyrrole nitrogens is 1. The zero-order valence-corrected chi connectivity index (χ0v) is 14.5. The highest BCUT2D eigenvalue weighted by atomic mass is 16.2. The first-order valence-electron chi connectivity index (χ1n) is 8.77. The van der Waals surface area contributed by atoms with Crippen molar-refractivity contribution in [2.45, 2.75) is 19.8 Å². The Bertz CT molecular complexity index is 961. The van der Waals surface area contributed by atoms with E-state index in [0.717, 1.165) is 23.0 Å². The SMILES string of the molecule is CCc1ccc(N2C[C@H](C(=O)Nc3ccc4[nH]ncc4c3)CC2=O)cc1. The second kappa shape index (κ2) is 6.63. The van der Waals surface area contributed by atoms with Crippen molar-refractivity contribution < 1.29 is 9.59 Å². The molecule has 2 amide bonds. The first-order chi connectivity index (χ1) is 12.6. The van der Waals surface area contributed by atoms with Gasteiger partial charge in [-0.2, -0.15) is 5.10 Å². The van der Waals surface area contributed by atoms with E-state index < -0.39 is 0 Å². The van der Waals surface area contributed by atoms with Crippen LogP contribution in [0.3, 0.4) is 0 Å². The van der Waals surface area contributed by atoms with Crippen LogP contribution in [0, 0.1) is 5.92 Å². The van der Waals surface area contributed by atoms with Gasteiger partial charge >= 0.3 is 0 Å². The fourth-order valence-electron chi connectivity index (χ4n) is 3.31. The highest BCUT2D eigenvalue weighted by molar-refractivity contribution is 6.04. The molecule has 1 saturated heterocycles. The minimum atomic E-state index is -0.353. The number of carbonyl (C=O) groups excluding carboxylic acids is 2. The lowest BCUT2D eigenvalue weighted by Crippen LogP contribution is -2.28. The molecule has 26 heavy (non-hydrogen) atoms. The maximum Gasteiger partial charge on any atom is 0.229 e. The largest absolute Gasteiger partial charge is 0.326 e. The van der Waals surface area contributed by atoms with Gasteiger partial charge in [0.1, 0.15) is 0 Å². The lowest BCUT2D eigenvalue weighted by Gasteiger charge is -2.17. The minimum Gasteiger partial charge on any atom is -0.326 e. The van der Waals surface area contributed by atoms with Crippen LogP contribution in [0.25, 0.3) is 10.9 Å². The number of rotatable bonds is 4. The molecule has 2 N–H and O–H groups in total. The van der Waals surface area contributed by atoms with Gasteiger partial charge in [-0.1, -0.05) is 19.1 Å². The minimum absolute atomic E-state index is 0.0142. The third-order valence-corrected chi connectivity index (χ3v) is 4.86. The number of anilines is 2. The predicted molar refractivity (Wildman–Crippen MR) is 101 cm³/mol. The molecule has 0 saturated carbocycles. The van der Waals surface area contributed by atoms with Gasteiger partial charge in [-0.25, -0.2) is 0 Å². The summed E-state index contributed by atoms with van der Waals surface area (Å²) in [6, 6.07) is 13.5. The molecule has 1 aliphatic heterocycles. The van der Waals surface area contributed by atoms with E-state index in [0.29, 0.717) is 12.2 Å². The molecule has 6 nitrogen and oxygen atoms in total. The molecule has 0 aliphatic carbocycles. The van der Waals surface area contributed by atoms with Gasteiger partial charge in [-0.05, 0) is 42.3 Å². The van der Waals surface area contributed by atoms with Gasteiger partial charge in [-0.15, -0.1) is 0 Å². The van der Waals surface area contributed by atoms with Gasteiger partial charge in [0.25, 0.3) is 0 Å². The van der Waals surface area contributed by atoms with Crippen molar-refractivity contribution in [2.24, 2.45) is 5.92 Å². The van der Waals surface area contributed by atoms with Crippen molar-refractivity contribution >= 4 is 34.1 Å². The molecule has 3 aromatic rings. The zero-order chi connectivity index (χ0) is 18.1. The maximum atomic E-state index is 12.6. The summed E-state index contributed by atoms with van der Waals surface area (Å²) < 4.78 is 0. The number of aryl methyl sites for hydroxylation is 1. The highest BCUT2D eigenvalue weighted by Gasteiger charge is 2.35. The number of hydrogen-bond donors (Lipinski definition) is 2. The molecule has 2 aromatic carbocycles. The van der Waals surface area contributed by atoms with Crippen LogP contribution in [0.2, 0.25) is 0 Å². The highest BCUT2D eigenvalue weighted by Crippen LogP contribution is 2.27. The number of fused-ring (bicyclic) bond motifs is 1. The predicted octanol–water partition coefficient (Wildman–Crippen LogP) is 3.12. The molecule has 6 heteroatoms. The summed E-state index contributed by atoms with van der Waals surface area (Å²) in [5.74, 6) is -0.498. The van der Waals surface area contributed by atoms with Crippen LogP contribution in [0.15, 0.2) is 48.7 Å². The Morgan fingerprint density at radius 1 is 1.27 bits per heavy atom. The Morgan fingerprint density at radius 3 is 2.85 bits per heavy atom. The molecule has 0 unspecified atom stereocenters. The summed E-state index contributed by atoms with van der Waals surface area (Å²) in [4.78, 5) is 26.7. The average molecular weight is 348 g/mol. The molecule has 0 radical (unpaired) electrons. The van der Waals surface area contributed by atoms with E-state index in [4.69, 9.17) is 0 Å². The second-order valence-corrected chi connectivity index (χ2v) is 6.59. The fraction of sp³-hybridized carbons (Fsp3) is 0.250. The topological polar surface area (TPSA) is 78.1 Å². The Labute approximate surface area is 151 Å². The molecule has 0 bridgehead atoms. The number of benzene rings is 2. The Kier molecular flexibility index (Phi) is 4.16. The molecule has 1 aromatic heterocycles. The second-order valence-electron chi connectivity index (χ2n) is 6.59. The zero-order valence-electron chi connectivity index (χ0n) is 14.5. The first kappa shape index (κ1) is 16.3. The lowest BCUT2D eigenvalue weighted by molar-refractivity contribution is -0.122. The molecule has 0 spiro atoms. The van der Waals surface area contributed by atoms with Crippen molar-refractivity contribution in [3.05, 3.63) is 54.2 Å². The van der Waals surface area contributed by atoms with E-state index in [1.807, 2.05) is 42.5 Å². The summed E-state index contributed by atoms with van der Waals surface area (Å²) in [5.41, 5.74) is 3.70. The van der Waals surface area contributed by atoms with Crippen LogP contribution in [0.1, 0.15) is 18.9 Å². The molecular weight excluding hydrogens is 328 g/mol. The Balaban J connectivity index is 1.45. The quantitative estimate of drug-likeness (QED) is 0.760. The molecule has 1 fully saturated rings. The molecule has 1 atom stereocenters. The normalized spacial score (nSPS) is 17.0. The van der Waals surface area contributed by atoms with Crippen molar-refractivity contribution in [3.63, 3.8) is 0 Å². The van der Waals surface area contributed by atoms with Gasteiger partial charge in [0.15, 0.2) is 0 Å². The number of carbonyl (C=O) groups is 2. The molecule has 4 rings (SSSR count). The number of aromatic nitrogens is 2. The summed E-state index contributed by atoms with van der Waals surface area (Å²) in [5, 5.41) is 10.7. The number of aromatic amines is 1. The number of nitrogens with one attached hydrogen (secondary N) is 2. The Hall–Kier alpha value is -3.15. The van der Waals surface area contributed by atoms with Crippen LogP contribution in [-0.4, -0.2) is 28.6 Å². The van der Waals surface area contributed by atoms with Gasteiger partial charge in [-0.3, -0.25) is 14.7 Å². The monoisotopic (exact) mass is 348 g/mol. The van der Waals surface area contributed by atoms with Crippen LogP contribution >= 0.6 is 0 Å². The summed E-state index contributed by atoms with van der Waals surface area (Å²) in [6.07, 6.45) is 2.90. The fourth-order valence-corrected chi connectivity index (χ4v) is 3.31. The van der Waals surface area contributed by atoms with E-state index in [2.05, 4.69) is 22.4 Å². The van der Waals surface area contributed by atoms with Gasteiger partial charge in [0.05, 0.1) is 17.6 Å². The van der Waals surface area contributed by atoms with Gasteiger partial charge in [0, 0.05) is 29.7 Å². The summed E-state index contributed by atoms with van der Waals surface area (Å²) in [6.45, 7) is 2.50. The van der Waals surface area contributed by atoms with E-state index in [9.17, 15) is 9.59 Å². The molecule has 1 aliphatic rings. The molecular formula is C20H20N4O2. The Morgan fingerprint density at radius 2 is 2.08 bits per heavy atom. The average Bonchev–Trinajstić information content (AvgIpc) is 3.28. The third kappa shape index (κ3) is 3.06. The van der Waals surface area contributed by atoms with E-state index in [1.54, 1.807) is 11.1 Å². The van der Waals surface area contributed by atoms with Crippen LogP contribution in [0.5, 0.6) is 0 Å². The number of nitrogens with zero attached hydrogens (tertiary/aromatic N) is 2. The lowest BCUT2D eigenvalue weighted by atomic mass is 10.1. The van der Waals surface area contributed by atoms with Crippen molar-refractivity contribution in [3.8, 4) is 0 Å². The maximum absolute atomic E-state index is 12.6. The van der Waals surface area contributed by atoms with Crippen molar-refractivity contribution in [1.29, 1.82) is 0 Å². The van der Waals surface area contributed by atoms with Crippen LogP contribution in [-0.2, 0) is 16.0 Å². The van der Waals surface area contributed by atoms with Crippen LogP contribution < -0.4 is 10.2 Å². The molecule has 2 heterocycles.